The number of nitrogens with zero attached hydrogens (tertiary/aromatic N) is 2. The smallest absolute Gasteiger partial charge is 0.139 e. The van der Waals surface area contributed by atoms with Gasteiger partial charge in [0.1, 0.15) is 11.0 Å². The lowest BCUT2D eigenvalue weighted by Gasteiger charge is -2.31. The van der Waals surface area contributed by atoms with Crippen LogP contribution in [0.4, 0.5) is 0 Å². The fourth-order valence-corrected chi connectivity index (χ4v) is 1.40. The van der Waals surface area contributed by atoms with Crippen molar-refractivity contribution in [2.24, 2.45) is 4.99 Å². The molecule has 0 saturated carbocycles. The zero-order valence-corrected chi connectivity index (χ0v) is 9.39. The number of rotatable bonds is 1. The van der Waals surface area contributed by atoms with Gasteiger partial charge in [0.05, 0.1) is 5.57 Å². The van der Waals surface area contributed by atoms with Crippen molar-refractivity contribution in [2.75, 3.05) is 0 Å². The summed E-state index contributed by atoms with van der Waals surface area (Å²) in [6.07, 6.45) is 3.62. The fraction of sp³-hybridized carbons (Fsp3) is 0.400. The molecule has 1 N–H and O–H groups in total. The van der Waals surface area contributed by atoms with Crippen molar-refractivity contribution in [3.8, 4) is 0 Å². The topological polar surface area (TPSA) is 39.5 Å². The van der Waals surface area contributed by atoms with Crippen LogP contribution in [0.3, 0.4) is 0 Å². The number of halogens is 1. The van der Waals surface area contributed by atoms with Crippen molar-refractivity contribution in [1.29, 1.82) is 5.41 Å². The van der Waals surface area contributed by atoms with Gasteiger partial charge in [-0.15, -0.1) is 0 Å². The third-order valence-corrected chi connectivity index (χ3v) is 2.29. The molecule has 0 aromatic carbocycles. The zero-order chi connectivity index (χ0) is 10.9. The summed E-state index contributed by atoms with van der Waals surface area (Å²) in [6, 6.07) is 0. The van der Waals surface area contributed by atoms with Gasteiger partial charge in [0.15, 0.2) is 0 Å². The van der Waals surface area contributed by atoms with Crippen LogP contribution in [0, 0.1) is 5.41 Å². The third kappa shape index (κ3) is 1.87. The molecule has 1 heterocycles. The maximum atomic E-state index is 7.89. The first-order chi connectivity index (χ1) is 6.38. The number of hydrogen-bond acceptors (Lipinski definition) is 2. The van der Waals surface area contributed by atoms with Crippen LogP contribution in [0.15, 0.2) is 28.0 Å². The van der Waals surface area contributed by atoms with Gasteiger partial charge in [-0.3, -0.25) is 10.4 Å². The van der Waals surface area contributed by atoms with Gasteiger partial charge in [-0.2, -0.15) is 0 Å². The zero-order valence-electron chi connectivity index (χ0n) is 8.63. The van der Waals surface area contributed by atoms with E-state index in [1.807, 2.05) is 31.9 Å². The Hall–Kier alpha value is -1.09. The van der Waals surface area contributed by atoms with Gasteiger partial charge in [-0.1, -0.05) is 11.6 Å². The molecule has 1 aliphatic rings. The van der Waals surface area contributed by atoms with Gasteiger partial charge in [-0.05, 0) is 33.6 Å². The molecule has 0 aliphatic carbocycles. The largest absolute Gasteiger partial charge is 0.328 e. The second-order valence-electron chi connectivity index (χ2n) is 4.07. The van der Waals surface area contributed by atoms with E-state index in [0.717, 1.165) is 0 Å². The van der Waals surface area contributed by atoms with E-state index in [4.69, 9.17) is 17.0 Å². The van der Waals surface area contributed by atoms with E-state index in [-0.39, 0.29) is 10.7 Å². The second kappa shape index (κ2) is 3.58. The number of hydrogen-bond donors (Lipinski definition) is 1. The van der Waals surface area contributed by atoms with Crippen molar-refractivity contribution in [1.82, 2.24) is 4.90 Å². The number of nitrogens with one attached hydrogen (secondary N) is 1. The highest BCUT2D eigenvalue weighted by atomic mass is 35.5. The Balaban J connectivity index is 3.03. The third-order valence-electron chi connectivity index (χ3n) is 1.97. The van der Waals surface area contributed by atoms with Crippen LogP contribution < -0.4 is 0 Å². The molecule has 0 unspecified atom stereocenters. The van der Waals surface area contributed by atoms with Crippen molar-refractivity contribution in [2.45, 2.75) is 26.3 Å². The summed E-state index contributed by atoms with van der Waals surface area (Å²) in [4.78, 5) is 5.46. The lowest BCUT2D eigenvalue weighted by atomic mass is 10.1. The highest BCUT2D eigenvalue weighted by molar-refractivity contribution is 6.32. The molecule has 3 nitrogen and oxygen atoms in total. The Morgan fingerprint density at radius 1 is 1.57 bits per heavy atom. The summed E-state index contributed by atoms with van der Waals surface area (Å²) < 4.78 is 0. The minimum Gasteiger partial charge on any atom is -0.328 e. The predicted octanol–water partition coefficient (Wildman–Crippen LogP) is 2.74. The van der Waals surface area contributed by atoms with E-state index in [2.05, 4.69) is 11.7 Å². The molecule has 76 valence electrons. The molecule has 0 radical (unpaired) electrons. The maximum absolute atomic E-state index is 7.89. The molecule has 0 aromatic rings. The van der Waals surface area contributed by atoms with E-state index >= 15 is 0 Å². The Morgan fingerprint density at radius 2 is 2.14 bits per heavy atom. The van der Waals surface area contributed by atoms with E-state index < -0.39 is 0 Å². The van der Waals surface area contributed by atoms with Crippen LogP contribution in [0.25, 0.3) is 0 Å². The normalized spacial score (nSPS) is 20.3. The molecule has 0 fully saturated rings. The minimum atomic E-state index is -0.117. The van der Waals surface area contributed by atoms with Gasteiger partial charge in [-0.25, -0.2) is 0 Å². The molecule has 0 amide bonds. The molecule has 1 aliphatic heterocycles. The number of aliphatic imine (C=N–C) groups is 1. The van der Waals surface area contributed by atoms with Crippen LogP contribution in [0.1, 0.15) is 20.8 Å². The van der Waals surface area contributed by atoms with Gasteiger partial charge in [0, 0.05) is 11.7 Å². The first kappa shape index (κ1) is 11.0. The van der Waals surface area contributed by atoms with Gasteiger partial charge >= 0.3 is 0 Å². The van der Waals surface area contributed by atoms with Crippen molar-refractivity contribution in [3.05, 3.63) is 23.0 Å². The predicted molar refractivity (Wildman–Crippen MR) is 60.9 cm³/mol. The van der Waals surface area contributed by atoms with Crippen LogP contribution in [-0.4, -0.2) is 23.0 Å². The Labute approximate surface area is 89.3 Å². The second-order valence-corrected chi connectivity index (χ2v) is 4.43. The summed E-state index contributed by atoms with van der Waals surface area (Å²) in [6.45, 7) is 9.43. The van der Waals surface area contributed by atoms with Crippen LogP contribution in [0.5, 0.6) is 0 Å². The first-order valence-electron chi connectivity index (χ1n) is 4.31. The summed E-state index contributed by atoms with van der Waals surface area (Å²) in [5, 5.41) is 8.16. The van der Waals surface area contributed by atoms with Crippen LogP contribution in [-0.2, 0) is 0 Å². The van der Waals surface area contributed by atoms with Crippen molar-refractivity contribution >= 4 is 24.2 Å². The highest BCUT2D eigenvalue weighted by Gasteiger charge is 2.28. The van der Waals surface area contributed by atoms with E-state index in [1.165, 1.54) is 0 Å². The van der Waals surface area contributed by atoms with Crippen LogP contribution in [0.2, 0.25) is 0 Å². The Morgan fingerprint density at radius 3 is 2.50 bits per heavy atom. The summed E-state index contributed by atoms with van der Waals surface area (Å²) in [7, 11) is 0. The average molecular weight is 212 g/mol. The average Bonchev–Trinajstić information content (AvgIpc) is 2.45. The molecule has 0 spiro atoms. The van der Waals surface area contributed by atoms with E-state index in [9.17, 15) is 0 Å². The molecule has 1 rings (SSSR count). The quantitative estimate of drug-likeness (QED) is 0.526. The van der Waals surface area contributed by atoms with Gasteiger partial charge in [0.2, 0.25) is 0 Å². The molecular weight excluding hydrogens is 198 g/mol. The highest BCUT2D eigenvalue weighted by Crippen LogP contribution is 2.26. The Bertz CT molecular complexity index is 334. The van der Waals surface area contributed by atoms with Gasteiger partial charge < -0.3 is 4.90 Å². The Kier molecular flexibility index (Phi) is 2.81. The molecule has 0 atom stereocenters. The molecule has 14 heavy (non-hydrogen) atoms. The van der Waals surface area contributed by atoms with Crippen molar-refractivity contribution < 1.29 is 0 Å². The lowest BCUT2D eigenvalue weighted by Crippen LogP contribution is -2.39. The monoisotopic (exact) mass is 211 g/mol. The summed E-state index contributed by atoms with van der Waals surface area (Å²) in [5.74, 6) is 0.370. The number of amidine groups is 1. The summed E-state index contributed by atoms with van der Waals surface area (Å²) in [5.41, 5.74) is 0.504. The lowest BCUT2D eigenvalue weighted by molar-refractivity contribution is 0.316. The van der Waals surface area contributed by atoms with E-state index in [1.54, 1.807) is 6.08 Å². The van der Waals surface area contributed by atoms with E-state index in [0.29, 0.717) is 11.4 Å². The maximum Gasteiger partial charge on any atom is 0.139 e. The molecular formula is C10H14ClN3. The standard InChI is InChI=1S/C10H14ClN3/c1-10(2,3)14-6-5-7(9(14)12)8(11)13-4/h5-6,12H,4H2,1-3H3/b8-7-,12-9?. The van der Waals surface area contributed by atoms with Gasteiger partial charge in [0.25, 0.3) is 0 Å². The molecule has 4 heteroatoms. The summed E-state index contributed by atoms with van der Waals surface area (Å²) >= 11 is 5.81. The van der Waals surface area contributed by atoms with Crippen molar-refractivity contribution in [3.63, 3.8) is 0 Å². The molecule has 0 saturated heterocycles. The SMILES string of the molecule is C=N/C(Cl)=C1/C=CN(C(C)(C)C)C1=N. The molecule has 0 aromatic heterocycles. The van der Waals surface area contributed by atoms with Crippen LogP contribution >= 0.6 is 11.6 Å². The molecule has 0 bridgehead atoms. The first-order valence-corrected chi connectivity index (χ1v) is 4.68. The fourth-order valence-electron chi connectivity index (χ4n) is 1.24. The minimum absolute atomic E-state index is 0.117.